The maximum absolute atomic E-state index is 13.6. The monoisotopic (exact) mass is 623 g/mol. The van der Waals surface area contributed by atoms with Gasteiger partial charge in [0, 0.05) is 29.9 Å². The smallest absolute Gasteiger partial charge is 0.269 e. The maximum atomic E-state index is 13.6. The first kappa shape index (κ1) is 29.4. The summed E-state index contributed by atoms with van der Waals surface area (Å²) >= 11 is 8.25. The third-order valence-electron chi connectivity index (χ3n) is 8.16. The summed E-state index contributed by atoms with van der Waals surface area (Å²) in [7, 11) is 0. The van der Waals surface area contributed by atoms with Crippen LogP contribution in [0.3, 0.4) is 0 Å². The number of thiazole rings is 1. The van der Waals surface area contributed by atoms with Crippen molar-refractivity contribution in [1.29, 1.82) is 0 Å². The Balaban J connectivity index is 1.40. The summed E-state index contributed by atoms with van der Waals surface area (Å²) in [5, 5.41) is 0. The van der Waals surface area contributed by atoms with Crippen LogP contribution < -0.4 is 19.7 Å². The van der Waals surface area contributed by atoms with Gasteiger partial charge in [0.25, 0.3) is 11.5 Å². The molecule has 0 radical (unpaired) electrons. The highest BCUT2D eigenvalue weighted by Gasteiger charge is 2.39. The van der Waals surface area contributed by atoms with Gasteiger partial charge in [0.05, 0.1) is 11.1 Å². The van der Waals surface area contributed by atoms with Gasteiger partial charge in [-0.25, -0.2) is 0 Å². The van der Waals surface area contributed by atoms with Crippen molar-refractivity contribution in [3.8, 4) is 11.1 Å². The van der Waals surface area contributed by atoms with Crippen LogP contribution in [0.25, 0.3) is 22.1 Å². The number of hydrogen-bond donors (Lipinski definition) is 0. The Morgan fingerprint density at radius 3 is 2.21 bits per heavy atom. The lowest BCUT2D eigenvalue weighted by Crippen LogP contribution is -2.33. The zero-order chi connectivity index (χ0) is 30.3. The van der Waals surface area contributed by atoms with E-state index in [1.54, 1.807) is 9.47 Å². The van der Waals surface area contributed by atoms with Gasteiger partial charge in [0.2, 0.25) is 0 Å². The normalized spacial score (nSPS) is 18.7. The predicted molar refractivity (Wildman–Crippen MR) is 185 cm³/mol. The van der Waals surface area contributed by atoms with Crippen molar-refractivity contribution in [3.63, 3.8) is 0 Å². The van der Waals surface area contributed by atoms with Crippen LogP contribution in [0.4, 0.5) is 5.69 Å². The average Bonchev–Trinajstić information content (AvgIpc) is 3.57. The number of likely N-dealkylation sites (N-methyl/N-ethyl adjacent to an activating group) is 1. The molecule has 218 valence electrons. The van der Waals surface area contributed by atoms with Crippen LogP contribution >= 0.6 is 35.3 Å². The molecule has 0 atom stereocenters. The van der Waals surface area contributed by atoms with Crippen molar-refractivity contribution < 1.29 is 4.79 Å². The molecule has 1 amide bonds. The summed E-state index contributed by atoms with van der Waals surface area (Å²) in [6.07, 6.45) is 4.01. The second kappa shape index (κ2) is 11.8. The second-order valence-corrected chi connectivity index (χ2v) is 13.8. The zero-order valence-corrected chi connectivity index (χ0v) is 27.1. The Kier molecular flexibility index (Phi) is 8.02. The Morgan fingerprint density at radius 2 is 1.53 bits per heavy atom. The molecular weight excluding hydrogens is 591 g/mol. The van der Waals surface area contributed by atoms with Crippen LogP contribution in [0.2, 0.25) is 0 Å². The Hall–Kier alpha value is -3.72. The number of fused-ring (bicyclic) bond motifs is 1. The summed E-state index contributed by atoms with van der Waals surface area (Å²) in [5.74, 6) is -0.147. The molecule has 2 aliphatic rings. The molecule has 3 aromatic carbocycles. The highest BCUT2D eigenvalue weighted by Crippen LogP contribution is 2.48. The van der Waals surface area contributed by atoms with Gasteiger partial charge in [-0.3, -0.25) is 19.1 Å². The lowest BCUT2D eigenvalue weighted by Gasteiger charge is -2.25. The molecule has 0 unspecified atom stereocenters. The van der Waals surface area contributed by atoms with Crippen LogP contribution in [0.1, 0.15) is 38.8 Å². The van der Waals surface area contributed by atoms with Gasteiger partial charge in [0.15, 0.2) is 0 Å². The lowest BCUT2D eigenvalue weighted by molar-refractivity contribution is -0.121. The van der Waals surface area contributed by atoms with E-state index in [-0.39, 0.29) is 16.9 Å². The van der Waals surface area contributed by atoms with Crippen molar-refractivity contribution in [1.82, 2.24) is 9.47 Å². The Labute approximate surface area is 265 Å². The topological polar surface area (TPSA) is 45.5 Å². The molecule has 2 aliphatic heterocycles. The minimum Gasteiger partial charge on any atom is -0.344 e. The minimum absolute atomic E-state index is 0.0876. The molecule has 0 N–H and O–H groups in total. The van der Waals surface area contributed by atoms with Crippen molar-refractivity contribution in [2.45, 2.75) is 46.2 Å². The number of aromatic nitrogens is 1. The fourth-order valence-corrected chi connectivity index (χ4v) is 8.42. The first-order chi connectivity index (χ1) is 20.7. The van der Waals surface area contributed by atoms with E-state index < -0.39 is 0 Å². The first-order valence-corrected chi connectivity index (χ1v) is 16.5. The largest absolute Gasteiger partial charge is 0.344 e. The average molecular weight is 624 g/mol. The van der Waals surface area contributed by atoms with Crippen molar-refractivity contribution in [2.75, 3.05) is 11.4 Å². The minimum atomic E-state index is -0.257. The summed E-state index contributed by atoms with van der Waals surface area (Å²) in [4.78, 5) is 31.6. The van der Waals surface area contributed by atoms with Crippen LogP contribution in [0.15, 0.2) is 95.4 Å². The fourth-order valence-electron chi connectivity index (χ4n) is 5.90. The van der Waals surface area contributed by atoms with E-state index in [2.05, 4.69) is 74.2 Å². The molecule has 5 nitrogen and oxygen atoms in total. The first-order valence-electron chi connectivity index (χ1n) is 14.5. The van der Waals surface area contributed by atoms with Gasteiger partial charge in [-0.1, -0.05) is 105 Å². The molecule has 1 fully saturated rings. The summed E-state index contributed by atoms with van der Waals surface area (Å²) in [5.41, 5.74) is 6.65. The number of amides is 1. The predicted octanol–water partition coefficient (Wildman–Crippen LogP) is 6.25. The van der Waals surface area contributed by atoms with Crippen LogP contribution in [0.5, 0.6) is 0 Å². The summed E-state index contributed by atoms with van der Waals surface area (Å²) < 4.78 is 3.48. The highest BCUT2D eigenvalue weighted by molar-refractivity contribution is 8.30. The van der Waals surface area contributed by atoms with Gasteiger partial charge in [0.1, 0.15) is 13.9 Å². The van der Waals surface area contributed by atoms with E-state index in [1.807, 2.05) is 49.4 Å². The summed E-state index contributed by atoms with van der Waals surface area (Å²) in [6, 6.07) is 26.9. The maximum Gasteiger partial charge on any atom is 0.269 e. The summed E-state index contributed by atoms with van der Waals surface area (Å²) in [6.45, 7) is 10.3. The number of thiocarbonyl (C=S) groups is 1. The number of anilines is 1. The number of benzene rings is 3. The van der Waals surface area contributed by atoms with Crippen LogP contribution in [-0.4, -0.2) is 26.2 Å². The molecule has 0 spiro atoms. The van der Waals surface area contributed by atoms with Gasteiger partial charge >= 0.3 is 0 Å². The van der Waals surface area contributed by atoms with Gasteiger partial charge < -0.3 is 4.90 Å². The number of rotatable bonds is 6. The number of nitrogens with zero attached hydrogens (tertiary/aromatic N) is 3. The number of carbonyl (C=O) groups is 1. The number of thioether (sulfide) groups is 1. The van der Waals surface area contributed by atoms with E-state index in [0.29, 0.717) is 31.5 Å². The molecule has 0 aliphatic carbocycles. The molecule has 0 saturated carbocycles. The molecule has 0 bridgehead atoms. The van der Waals surface area contributed by atoms with Crippen LogP contribution in [0, 0.1) is 0 Å². The van der Waals surface area contributed by atoms with Gasteiger partial charge in [-0.05, 0) is 60.4 Å². The van der Waals surface area contributed by atoms with E-state index in [9.17, 15) is 9.59 Å². The molecule has 4 aromatic rings. The highest BCUT2D eigenvalue weighted by atomic mass is 32.2. The van der Waals surface area contributed by atoms with Crippen molar-refractivity contribution >= 4 is 62.2 Å². The molecule has 1 saturated heterocycles. The van der Waals surface area contributed by atoms with Gasteiger partial charge in [-0.2, -0.15) is 0 Å². The quantitative estimate of drug-likeness (QED) is 0.238. The van der Waals surface area contributed by atoms with E-state index in [4.69, 9.17) is 12.2 Å². The number of carbonyl (C=O) groups excluding carboxylic acids is 1. The molecular formula is C35H33N3O2S3. The molecule has 8 heteroatoms. The zero-order valence-electron chi connectivity index (χ0n) is 24.7. The molecule has 6 rings (SSSR count). The third kappa shape index (κ3) is 5.22. The van der Waals surface area contributed by atoms with Crippen molar-refractivity contribution in [2.24, 2.45) is 0 Å². The van der Waals surface area contributed by atoms with Crippen molar-refractivity contribution in [3.05, 3.63) is 121 Å². The SMILES string of the molecule is CCN1/C(=C\C=c2sc(=C3SC(=S)N(Cc4ccccc4)C3=O)n(CC)c2=O)C(C)(C)c2cc(-c3ccccc3)ccc21. The molecule has 3 heterocycles. The van der Waals surface area contributed by atoms with E-state index in [1.165, 1.54) is 45.5 Å². The second-order valence-electron chi connectivity index (χ2n) is 11.1. The van der Waals surface area contributed by atoms with Crippen LogP contribution in [-0.2, 0) is 23.3 Å². The number of hydrogen-bond acceptors (Lipinski definition) is 6. The lowest BCUT2D eigenvalue weighted by atomic mass is 9.82. The van der Waals surface area contributed by atoms with E-state index in [0.717, 1.165) is 17.8 Å². The Bertz CT molecular complexity index is 1940. The van der Waals surface area contributed by atoms with E-state index >= 15 is 0 Å². The van der Waals surface area contributed by atoms with Gasteiger partial charge in [-0.15, -0.1) is 11.3 Å². The standard InChI is InChI=1S/C35H33N3O2S3/c1-5-36-27-18-17-25(24-15-11-8-12-16-24)21-26(27)35(3,4)29(36)20-19-28-31(39)37(6-2)33(42-28)30-32(40)38(34(41)43-30)22-23-13-9-7-10-14-23/h7-21H,5-6,22H2,1-4H3/b28-19?,29-20-,33-30?. The molecule has 43 heavy (non-hydrogen) atoms. The number of allylic oxidation sites excluding steroid dienone is 2. The molecule has 1 aromatic heterocycles. The Morgan fingerprint density at radius 1 is 0.837 bits per heavy atom. The third-order valence-corrected chi connectivity index (χ3v) is 10.9. The fraction of sp³-hybridized carbons (Fsp3) is 0.229.